The number of aromatic nitrogens is 3. The van der Waals surface area contributed by atoms with Crippen molar-refractivity contribution in [3.63, 3.8) is 0 Å². The van der Waals surface area contributed by atoms with Crippen molar-refractivity contribution in [2.75, 3.05) is 17.3 Å². The highest BCUT2D eigenvalue weighted by Crippen LogP contribution is 2.20. The molecule has 0 radical (unpaired) electrons. The highest BCUT2D eigenvalue weighted by molar-refractivity contribution is 7.90. The number of nitrogens with two attached hydrogens (primary N) is 1. The maximum Gasteiger partial charge on any atom is 0.232 e. The number of hydrogen-bond donors (Lipinski definition) is 2. The zero-order chi connectivity index (χ0) is 20.1. The Morgan fingerprint density at radius 2 is 1.75 bits per heavy atom. The molecule has 0 spiro atoms. The molecular formula is C19H21N5O3S. The van der Waals surface area contributed by atoms with Crippen molar-refractivity contribution in [2.24, 2.45) is 0 Å². The van der Waals surface area contributed by atoms with Gasteiger partial charge in [0.2, 0.25) is 11.9 Å². The van der Waals surface area contributed by atoms with E-state index in [1.54, 1.807) is 12.1 Å². The average Bonchev–Trinajstić information content (AvgIpc) is 2.66. The number of sulfone groups is 1. The Balaban J connectivity index is 1.73. The number of rotatable bonds is 7. The molecule has 2 aromatic carbocycles. The number of hydrogen-bond acceptors (Lipinski definition) is 8. The number of aryl methyl sites for hydroxylation is 1. The molecular weight excluding hydrogens is 378 g/mol. The summed E-state index contributed by atoms with van der Waals surface area (Å²) in [6.07, 6.45) is 2.02. The van der Waals surface area contributed by atoms with Crippen LogP contribution in [0.15, 0.2) is 53.4 Å². The third kappa shape index (κ3) is 4.95. The lowest BCUT2D eigenvalue weighted by Crippen LogP contribution is -2.10. The molecule has 0 aliphatic carbocycles. The first-order chi connectivity index (χ1) is 13.3. The second kappa shape index (κ2) is 8.22. The molecule has 0 bridgehead atoms. The number of anilines is 3. The topological polar surface area (TPSA) is 120 Å². The SMILES string of the molecule is CCc1ccccc1Nc1nc(N)nc(COc2ccc(S(C)(=O)=O)cc2)n1. The predicted molar refractivity (Wildman–Crippen MR) is 107 cm³/mol. The Hall–Kier alpha value is -3.20. The first kappa shape index (κ1) is 19.6. The van der Waals surface area contributed by atoms with Gasteiger partial charge < -0.3 is 15.8 Å². The van der Waals surface area contributed by atoms with E-state index in [-0.39, 0.29) is 17.5 Å². The molecule has 3 N–H and O–H groups in total. The summed E-state index contributed by atoms with van der Waals surface area (Å²) in [5.41, 5.74) is 7.83. The molecule has 0 aliphatic heterocycles. The highest BCUT2D eigenvalue weighted by atomic mass is 32.2. The van der Waals surface area contributed by atoms with Crippen molar-refractivity contribution in [1.82, 2.24) is 15.0 Å². The maximum atomic E-state index is 11.5. The average molecular weight is 399 g/mol. The third-order valence-electron chi connectivity index (χ3n) is 3.96. The van der Waals surface area contributed by atoms with Crippen LogP contribution in [0.1, 0.15) is 18.3 Å². The Bertz CT molecular complexity index is 1070. The highest BCUT2D eigenvalue weighted by Gasteiger charge is 2.09. The van der Waals surface area contributed by atoms with Gasteiger partial charge in [0.1, 0.15) is 12.4 Å². The van der Waals surface area contributed by atoms with Gasteiger partial charge in [-0.1, -0.05) is 25.1 Å². The van der Waals surface area contributed by atoms with Gasteiger partial charge in [-0.25, -0.2) is 8.42 Å². The van der Waals surface area contributed by atoms with E-state index in [9.17, 15) is 8.42 Å². The van der Waals surface area contributed by atoms with Crippen molar-refractivity contribution in [2.45, 2.75) is 24.8 Å². The second-order valence-corrected chi connectivity index (χ2v) is 8.12. The van der Waals surface area contributed by atoms with E-state index in [0.29, 0.717) is 17.5 Å². The fourth-order valence-electron chi connectivity index (χ4n) is 2.56. The Morgan fingerprint density at radius 3 is 2.43 bits per heavy atom. The minimum atomic E-state index is -3.25. The van der Waals surface area contributed by atoms with E-state index in [0.717, 1.165) is 23.9 Å². The van der Waals surface area contributed by atoms with Crippen molar-refractivity contribution in [1.29, 1.82) is 0 Å². The maximum absolute atomic E-state index is 11.5. The smallest absolute Gasteiger partial charge is 0.232 e. The van der Waals surface area contributed by atoms with Crippen LogP contribution in [0.2, 0.25) is 0 Å². The number of benzene rings is 2. The number of nitrogen functional groups attached to an aromatic ring is 1. The molecule has 1 aromatic heterocycles. The van der Waals surface area contributed by atoms with Crippen LogP contribution < -0.4 is 15.8 Å². The van der Waals surface area contributed by atoms with Gasteiger partial charge in [-0.05, 0) is 42.3 Å². The molecule has 8 nitrogen and oxygen atoms in total. The summed E-state index contributed by atoms with van der Waals surface area (Å²) in [5, 5.41) is 3.16. The van der Waals surface area contributed by atoms with Crippen LogP contribution in [0.3, 0.4) is 0 Å². The molecule has 146 valence electrons. The number of nitrogens with zero attached hydrogens (tertiary/aromatic N) is 3. The fourth-order valence-corrected chi connectivity index (χ4v) is 3.19. The van der Waals surface area contributed by atoms with Gasteiger partial charge in [-0.2, -0.15) is 15.0 Å². The van der Waals surface area contributed by atoms with Crippen LogP contribution in [-0.4, -0.2) is 29.6 Å². The standard InChI is InChI=1S/C19H21N5O3S/c1-3-13-6-4-5-7-16(13)21-19-23-17(22-18(20)24-19)12-27-14-8-10-15(11-9-14)28(2,25)26/h4-11H,3,12H2,1-2H3,(H3,20,21,22,23,24). The summed E-state index contributed by atoms with van der Waals surface area (Å²) < 4.78 is 28.6. The lowest BCUT2D eigenvalue weighted by Gasteiger charge is -2.11. The van der Waals surface area contributed by atoms with Crippen molar-refractivity contribution < 1.29 is 13.2 Å². The summed E-state index contributed by atoms with van der Waals surface area (Å²) in [4.78, 5) is 12.8. The minimum absolute atomic E-state index is 0.0645. The van der Waals surface area contributed by atoms with Crippen LogP contribution >= 0.6 is 0 Å². The molecule has 28 heavy (non-hydrogen) atoms. The number of nitrogens with one attached hydrogen (secondary N) is 1. The Labute approximate surface area is 163 Å². The summed E-state index contributed by atoms with van der Waals surface area (Å²) in [6.45, 7) is 2.13. The fraction of sp³-hybridized carbons (Fsp3) is 0.211. The van der Waals surface area contributed by atoms with Crippen molar-refractivity contribution >= 4 is 27.4 Å². The molecule has 0 fully saturated rings. The normalized spacial score (nSPS) is 11.2. The molecule has 3 aromatic rings. The van der Waals surface area contributed by atoms with E-state index in [2.05, 4.69) is 27.2 Å². The van der Waals surface area contributed by atoms with Gasteiger partial charge in [0.05, 0.1) is 4.90 Å². The van der Waals surface area contributed by atoms with E-state index in [1.807, 2.05) is 24.3 Å². The molecule has 0 saturated heterocycles. The molecule has 0 atom stereocenters. The zero-order valence-electron chi connectivity index (χ0n) is 15.6. The van der Waals surface area contributed by atoms with E-state index in [1.165, 1.54) is 12.1 Å². The van der Waals surface area contributed by atoms with Gasteiger partial charge >= 0.3 is 0 Å². The van der Waals surface area contributed by atoms with Crippen molar-refractivity contribution in [3.05, 3.63) is 59.9 Å². The van der Waals surface area contributed by atoms with Gasteiger partial charge in [0, 0.05) is 11.9 Å². The van der Waals surface area contributed by atoms with Crippen LogP contribution in [0, 0.1) is 0 Å². The monoisotopic (exact) mass is 399 g/mol. The lowest BCUT2D eigenvalue weighted by molar-refractivity contribution is 0.295. The molecule has 0 amide bonds. The number of para-hydroxylation sites is 1. The first-order valence-electron chi connectivity index (χ1n) is 8.63. The summed E-state index contributed by atoms with van der Waals surface area (Å²) >= 11 is 0. The Morgan fingerprint density at radius 1 is 1.04 bits per heavy atom. The molecule has 0 saturated carbocycles. The molecule has 1 heterocycles. The van der Waals surface area contributed by atoms with Gasteiger partial charge in [0.25, 0.3) is 0 Å². The summed E-state index contributed by atoms with van der Waals surface area (Å²) in [6, 6.07) is 14.0. The number of ether oxygens (including phenoxy) is 1. The van der Waals surface area contributed by atoms with E-state index < -0.39 is 9.84 Å². The second-order valence-electron chi connectivity index (χ2n) is 6.10. The van der Waals surface area contributed by atoms with Crippen molar-refractivity contribution in [3.8, 4) is 5.75 Å². The molecule has 3 rings (SSSR count). The van der Waals surface area contributed by atoms with Crippen LogP contribution in [0.5, 0.6) is 5.75 Å². The summed E-state index contributed by atoms with van der Waals surface area (Å²) in [5.74, 6) is 1.27. The summed E-state index contributed by atoms with van der Waals surface area (Å²) in [7, 11) is -3.25. The van der Waals surface area contributed by atoms with Crippen LogP contribution in [-0.2, 0) is 22.9 Å². The van der Waals surface area contributed by atoms with Crippen LogP contribution in [0.4, 0.5) is 17.6 Å². The molecule has 0 aliphatic rings. The molecule has 0 unspecified atom stereocenters. The van der Waals surface area contributed by atoms with Gasteiger partial charge in [0.15, 0.2) is 15.7 Å². The van der Waals surface area contributed by atoms with E-state index in [4.69, 9.17) is 10.5 Å². The third-order valence-corrected chi connectivity index (χ3v) is 5.09. The quantitative estimate of drug-likeness (QED) is 0.622. The minimum Gasteiger partial charge on any atom is -0.486 e. The zero-order valence-corrected chi connectivity index (χ0v) is 16.4. The Kier molecular flexibility index (Phi) is 5.74. The molecule has 9 heteroatoms. The lowest BCUT2D eigenvalue weighted by atomic mass is 10.1. The van der Waals surface area contributed by atoms with E-state index >= 15 is 0 Å². The largest absolute Gasteiger partial charge is 0.486 e. The van der Waals surface area contributed by atoms with Gasteiger partial charge in [-0.15, -0.1) is 0 Å². The predicted octanol–water partition coefficient (Wildman–Crippen LogP) is 2.74. The van der Waals surface area contributed by atoms with Crippen LogP contribution in [0.25, 0.3) is 0 Å². The first-order valence-corrected chi connectivity index (χ1v) is 10.5. The van der Waals surface area contributed by atoms with Gasteiger partial charge in [-0.3, -0.25) is 0 Å².